The molecule has 5 N–H and O–H groups in total. The van der Waals surface area contributed by atoms with Gasteiger partial charge >= 0.3 is 18.3 Å². The first-order valence-electron chi connectivity index (χ1n) is 44.2. The molecule has 1 unspecified atom stereocenters. The number of aromatic nitrogens is 15. The Morgan fingerprint density at radius 2 is 0.695 bits per heavy atom. The molecular formula is C103H101ClFN23O13. The second kappa shape index (κ2) is 53.6. The van der Waals surface area contributed by atoms with Crippen LogP contribution in [0.2, 0.25) is 5.28 Å². The fourth-order valence-corrected chi connectivity index (χ4v) is 12.7. The van der Waals surface area contributed by atoms with Gasteiger partial charge in [-0.05, 0) is 196 Å². The van der Waals surface area contributed by atoms with Crippen molar-refractivity contribution in [1.29, 1.82) is 10.5 Å². The van der Waals surface area contributed by atoms with Gasteiger partial charge in [0.2, 0.25) is 35.0 Å². The van der Waals surface area contributed by atoms with Crippen LogP contribution in [0.1, 0.15) is 126 Å². The van der Waals surface area contributed by atoms with Gasteiger partial charge in [-0.15, -0.1) is 0 Å². The summed E-state index contributed by atoms with van der Waals surface area (Å²) in [4.78, 5) is 113. The van der Waals surface area contributed by atoms with Gasteiger partial charge in [-0.3, -0.25) is 19.7 Å². The Balaban J connectivity index is 0.000000160. The number of nitrogens with one attached hydrogen (secondary N) is 2. The summed E-state index contributed by atoms with van der Waals surface area (Å²) in [5.41, 5.74) is 9.23. The third-order valence-corrected chi connectivity index (χ3v) is 20.3. The van der Waals surface area contributed by atoms with Crippen LogP contribution in [0.25, 0.3) is 0 Å². The average Bonchev–Trinajstić information content (AvgIpc) is 1.68. The lowest BCUT2D eigenvalue weighted by atomic mass is 10.1. The second-order valence-electron chi connectivity index (χ2n) is 31.6. The number of nitriles is 2. The number of benzene rings is 6. The first-order chi connectivity index (χ1) is 68.2. The number of phenols is 1. The summed E-state index contributed by atoms with van der Waals surface area (Å²) in [5.74, 6) is 9.07. The quantitative estimate of drug-likeness (QED) is 0.0322. The molecule has 0 saturated carbocycles. The number of carbonyl (C=O) groups is 4. The summed E-state index contributed by atoms with van der Waals surface area (Å²) in [6.07, 6.45) is 11.8. The molecule has 15 aromatic rings. The molecule has 3 aliphatic rings. The number of rotatable bonds is 24. The van der Waals surface area contributed by atoms with Crippen molar-refractivity contribution in [3.8, 4) is 75.4 Å². The zero-order valence-electron chi connectivity index (χ0n) is 78.4. The Labute approximate surface area is 818 Å². The minimum Gasteiger partial charge on any atom is -0.508 e. The largest absolute Gasteiger partial charge is 0.508 e. The van der Waals surface area contributed by atoms with Crippen LogP contribution >= 0.6 is 11.6 Å². The molecule has 3 aliphatic heterocycles. The molecule has 0 radical (unpaired) electrons. The Kier molecular flexibility index (Phi) is 39.4. The lowest BCUT2D eigenvalue weighted by molar-refractivity contribution is 0.101. The Morgan fingerprint density at radius 1 is 0.390 bits per heavy atom. The van der Waals surface area contributed by atoms with E-state index in [4.69, 9.17) is 70.9 Å². The van der Waals surface area contributed by atoms with E-state index in [-0.39, 0.29) is 88.6 Å². The van der Waals surface area contributed by atoms with Crippen LogP contribution in [0, 0.1) is 46.2 Å². The molecule has 0 bridgehead atoms. The number of Topliss-reactive ketones (excluding diaryl/α,β-unsaturated/α-hetero) is 1. The smallest absolute Gasteiger partial charge is 0.417 e. The van der Waals surface area contributed by atoms with Crippen molar-refractivity contribution in [3.05, 3.63) is 356 Å². The number of hydrogen-bond acceptors (Lipinski definition) is 33. The predicted molar refractivity (Wildman–Crippen MR) is 524 cm³/mol. The highest BCUT2D eigenvalue weighted by molar-refractivity contribution is 6.28. The maximum atomic E-state index is 12.2. The number of amides is 3. The highest BCUT2D eigenvalue weighted by Crippen LogP contribution is 2.32. The van der Waals surface area contributed by atoms with Gasteiger partial charge in [-0.1, -0.05) is 151 Å². The molecule has 9 aromatic heterocycles. The van der Waals surface area contributed by atoms with Gasteiger partial charge in [-0.2, -0.15) is 25.5 Å². The molecule has 3 saturated heterocycles. The highest BCUT2D eigenvalue weighted by Gasteiger charge is 2.41. The molecule has 36 nitrogen and oxygen atoms in total. The number of ketones is 1. The maximum Gasteiger partial charge on any atom is 0.417 e. The molecule has 6 atom stereocenters. The van der Waals surface area contributed by atoms with Crippen molar-refractivity contribution < 1.29 is 66.6 Å². The second-order valence-corrected chi connectivity index (χ2v) is 32.0. The van der Waals surface area contributed by atoms with Crippen LogP contribution in [-0.4, -0.2) is 142 Å². The van der Waals surface area contributed by atoms with Crippen molar-refractivity contribution in [1.82, 2.24) is 74.8 Å². The third-order valence-electron chi connectivity index (χ3n) is 20.1. The number of hydrogen-bond donors (Lipinski definition) is 4. The number of nitrogens with two attached hydrogens (primary N) is 1. The molecule has 6 aromatic carbocycles. The number of anilines is 5. The number of aromatic hydroxyl groups is 1. The monoisotopic (exact) mass is 1920 g/mol. The SMILES string of the molecule is CC(=O)c1ccc(Oc2ccccc2)cn1.CC(C)[C@H]1COC(=O)N1c1ncnc(Cl)n1.CC(C)[C@H]1COC(=O)N1c1ncnc(N[C@@H](C)c2ccc(Oc3ccccc3)cn2)n1.CC(C)[C@H]1COC(=O)N1c1ncnc(N[C@H](C)c2ccc(Oc3ccccc3)cn2)n1.CC(N)c1ccc(Oc2ccccc2)cn1.N#Cc1ccc(F)cn1.N#Cc1ccc(Oc2ccccc2)cn1.Oc1ccccc1. The van der Waals surface area contributed by atoms with E-state index in [0.29, 0.717) is 71.9 Å². The van der Waals surface area contributed by atoms with E-state index in [1.165, 1.54) is 58.9 Å². The van der Waals surface area contributed by atoms with Crippen molar-refractivity contribution in [2.24, 2.45) is 23.5 Å². The fraction of sp³-hybridized carbons (Fsp3) is 0.214. The molecule has 3 fully saturated rings. The molecule has 720 valence electrons. The van der Waals surface area contributed by atoms with Gasteiger partial charge in [0.1, 0.15) is 137 Å². The number of pyridine rings is 6. The first kappa shape index (κ1) is 104. The minimum absolute atomic E-state index is 0.0498. The minimum atomic E-state index is -0.445. The Bertz CT molecular complexity index is 6310. The number of carbonyl (C=O) groups excluding carboxylic acids is 4. The van der Waals surface area contributed by atoms with Crippen molar-refractivity contribution in [2.45, 2.75) is 105 Å². The first-order valence-corrected chi connectivity index (χ1v) is 44.6. The van der Waals surface area contributed by atoms with E-state index in [0.717, 1.165) is 57.8 Å². The molecule has 12 heterocycles. The molecule has 18 rings (SSSR count). The molecular weight excluding hydrogens is 1820 g/mol. The summed E-state index contributed by atoms with van der Waals surface area (Å²) < 4.78 is 55.6. The van der Waals surface area contributed by atoms with Gasteiger partial charge in [0.05, 0.1) is 84.5 Å². The molecule has 141 heavy (non-hydrogen) atoms. The maximum absolute atomic E-state index is 12.2. The Morgan fingerprint density at radius 3 is 0.965 bits per heavy atom. The number of halogens is 2. The molecule has 3 amide bonds. The van der Waals surface area contributed by atoms with Gasteiger partial charge < -0.3 is 59.4 Å². The van der Waals surface area contributed by atoms with Crippen LogP contribution in [-0.2, 0) is 14.2 Å². The fourth-order valence-electron chi connectivity index (χ4n) is 12.6. The molecule has 38 heteroatoms. The van der Waals surface area contributed by atoms with E-state index in [9.17, 15) is 23.6 Å². The number of ether oxygens (including phenoxy) is 8. The summed E-state index contributed by atoms with van der Waals surface area (Å²) in [7, 11) is 0. The van der Waals surface area contributed by atoms with Crippen molar-refractivity contribution in [2.75, 3.05) is 45.2 Å². The third kappa shape index (κ3) is 33.1. The van der Waals surface area contributed by atoms with Crippen LogP contribution in [0.5, 0.6) is 63.2 Å². The summed E-state index contributed by atoms with van der Waals surface area (Å²) >= 11 is 5.66. The van der Waals surface area contributed by atoms with E-state index in [1.807, 2.05) is 263 Å². The number of para-hydroxylation sites is 6. The van der Waals surface area contributed by atoms with E-state index in [1.54, 1.807) is 79.4 Å². The van der Waals surface area contributed by atoms with Gasteiger partial charge in [-0.25, -0.2) is 78.3 Å². The highest BCUT2D eigenvalue weighted by atomic mass is 35.5. The lowest BCUT2D eigenvalue weighted by Gasteiger charge is -2.22. The van der Waals surface area contributed by atoms with Crippen LogP contribution in [0.15, 0.2) is 311 Å². The topological polar surface area (TPSA) is 463 Å². The average molecular weight is 1920 g/mol. The van der Waals surface area contributed by atoms with E-state index >= 15 is 0 Å². The normalized spacial score (nSPS) is 14.2. The van der Waals surface area contributed by atoms with Crippen LogP contribution in [0.4, 0.5) is 48.5 Å². The summed E-state index contributed by atoms with van der Waals surface area (Å²) in [5, 5.41) is 31.9. The van der Waals surface area contributed by atoms with Gasteiger partial charge in [0, 0.05) is 13.0 Å². The van der Waals surface area contributed by atoms with Crippen molar-refractivity contribution in [3.63, 3.8) is 0 Å². The number of cyclic esters (lactones) is 3. The summed E-state index contributed by atoms with van der Waals surface area (Å²) in [6.45, 7) is 20.4. The lowest BCUT2D eigenvalue weighted by Crippen LogP contribution is -2.38. The standard InChI is InChI=1S/2C22H24N6O3.C13H14N2O.C13H11NO2.C12H8N2O.C9H11ClN4O2.C6H3FN2.C6H6O/c2*1-14(2)19-12-30-22(29)28(19)21-25-13-24-20(27-21)26-15(3)18-10-9-17(11-23-18)31-16-7-5-4-6-8-16;1-10(14)13-8-7-12(9-15-13)16-11-5-3-2-4-6-11;1-10(15)13-8-7-12(9-14-13)16-11-5-3-2-4-6-11;13-8-10-6-7-12(9-14-10)15-11-4-2-1-3-5-11;1-5(2)6-3-16-9(15)14(6)8-12-4-11-7(10)13-8;7-5-1-2-6(3-8)9-4-5;7-6-4-2-1-3-5-6/h2*4-11,13-15,19H,12H2,1-3H3,(H,24,25,26,27);2-10H,14H2,1H3;2-9H,1H3;1-7,9H;4-6H,3H2,1-2H3;1-2,4H;1-5,7H/t15-,19+;15-,19-;;;;6-;;/m01...1../s1. The molecule has 0 aliphatic carbocycles. The van der Waals surface area contributed by atoms with Crippen LogP contribution < -0.4 is 54.8 Å². The number of phenolic OH excluding ortho intramolecular Hbond substituents is 1. The zero-order chi connectivity index (χ0) is 100. The number of nitrogens with zero attached hydrogens (tertiary/aromatic N) is 20. The van der Waals surface area contributed by atoms with Gasteiger partial charge in [0.25, 0.3) is 0 Å². The Hall–Kier alpha value is -17.7. The van der Waals surface area contributed by atoms with Crippen molar-refractivity contribution >= 4 is 65.4 Å². The summed E-state index contributed by atoms with van der Waals surface area (Å²) in [6, 6.07) is 79.8. The zero-order valence-corrected chi connectivity index (χ0v) is 79.1. The van der Waals surface area contributed by atoms with E-state index in [2.05, 4.69) is 85.4 Å². The predicted octanol–water partition coefficient (Wildman–Crippen LogP) is 21.1. The van der Waals surface area contributed by atoms with Gasteiger partial charge in [0.15, 0.2) is 5.78 Å². The van der Waals surface area contributed by atoms with Crippen LogP contribution in [0.3, 0.4) is 0 Å². The molecule has 0 spiro atoms. The van der Waals surface area contributed by atoms with E-state index < -0.39 is 24.1 Å².